The summed E-state index contributed by atoms with van der Waals surface area (Å²) < 4.78 is 0. The summed E-state index contributed by atoms with van der Waals surface area (Å²) >= 11 is 1.79. The minimum atomic E-state index is -0.438. The van der Waals surface area contributed by atoms with Crippen LogP contribution in [0.15, 0.2) is 18.2 Å². The summed E-state index contributed by atoms with van der Waals surface area (Å²) in [5.74, 6) is 2.11. The summed E-state index contributed by atoms with van der Waals surface area (Å²) in [6, 6.07) is 4.45. The maximum Gasteiger partial charge on any atom is 0.269 e. The number of nitro benzene ring substituents is 1. The fourth-order valence-electron chi connectivity index (χ4n) is 2.00. The van der Waals surface area contributed by atoms with Crippen molar-refractivity contribution in [3.8, 4) is 0 Å². The summed E-state index contributed by atoms with van der Waals surface area (Å²) in [6.45, 7) is 1.75. The molecule has 0 bridgehead atoms. The van der Waals surface area contributed by atoms with Crippen LogP contribution in [0.1, 0.15) is 22.3 Å². The van der Waals surface area contributed by atoms with Gasteiger partial charge in [0, 0.05) is 29.4 Å². The number of hydrogen-bond acceptors (Lipinski definition) is 4. The highest BCUT2D eigenvalue weighted by Crippen LogP contribution is 2.28. The van der Waals surface area contributed by atoms with E-state index in [1.165, 1.54) is 12.1 Å². The van der Waals surface area contributed by atoms with Gasteiger partial charge in [0.05, 0.1) is 4.92 Å². The number of carbonyl (C=O) groups excluding carboxylic acids is 1. The van der Waals surface area contributed by atoms with Gasteiger partial charge >= 0.3 is 0 Å². The van der Waals surface area contributed by atoms with Gasteiger partial charge < -0.3 is 0 Å². The molecule has 1 aliphatic heterocycles. The Hall–Kier alpha value is -1.36. The predicted molar refractivity (Wildman–Crippen MR) is 67.6 cm³/mol. The number of nitro groups is 1. The first kappa shape index (κ1) is 12.1. The van der Waals surface area contributed by atoms with Crippen LogP contribution >= 0.6 is 11.8 Å². The Morgan fingerprint density at radius 2 is 2.29 bits per heavy atom. The van der Waals surface area contributed by atoms with Crippen LogP contribution in [0, 0.1) is 23.0 Å². The molecule has 1 saturated heterocycles. The Balaban J connectivity index is 2.26. The lowest BCUT2D eigenvalue weighted by molar-refractivity contribution is -0.384. The fraction of sp³-hybridized carbons (Fsp3) is 0.417. The average molecular weight is 251 g/mol. The predicted octanol–water partition coefficient (Wildman–Crippen LogP) is 2.84. The van der Waals surface area contributed by atoms with Crippen molar-refractivity contribution in [3.05, 3.63) is 39.4 Å². The second-order valence-electron chi connectivity index (χ2n) is 4.18. The van der Waals surface area contributed by atoms with Crippen molar-refractivity contribution < 1.29 is 9.72 Å². The number of ketones is 1. The van der Waals surface area contributed by atoms with Gasteiger partial charge in [-0.2, -0.15) is 11.8 Å². The van der Waals surface area contributed by atoms with Gasteiger partial charge in [0.25, 0.3) is 5.69 Å². The first-order valence-electron chi connectivity index (χ1n) is 5.46. The molecule has 0 amide bonds. The molecule has 1 aromatic rings. The molecule has 1 aromatic carbocycles. The van der Waals surface area contributed by atoms with Crippen molar-refractivity contribution in [2.75, 3.05) is 11.5 Å². The molecule has 4 nitrogen and oxygen atoms in total. The van der Waals surface area contributed by atoms with Gasteiger partial charge in [0.15, 0.2) is 5.78 Å². The lowest BCUT2D eigenvalue weighted by Gasteiger charge is -2.09. The van der Waals surface area contributed by atoms with E-state index in [0.29, 0.717) is 11.1 Å². The van der Waals surface area contributed by atoms with E-state index in [1.54, 1.807) is 24.8 Å². The second-order valence-corrected chi connectivity index (χ2v) is 5.33. The first-order chi connectivity index (χ1) is 8.09. The van der Waals surface area contributed by atoms with Gasteiger partial charge in [-0.3, -0.25) is 14.9 Å². The Morgan fingerprint density at radius 1 is 1.53 bits per heavy atom. The van der Waals surface area contributed by atoms with E-state index in [4.69, 9.17) is 0 Å². The van der Waals surface area contributed by atoms with E-state index >= 15 is 0 Å². The van der Waals surface area contributed by atoms with Crippen molar-refractivity contribution in [2.24, 2.45) is 5.92 Å². The van der Waals surface area contributed by atoms with E-state index in [0.717, 1.165) is 17.9 Å². The maximum atomic E-state index is 12.2. The first-order valence-corrected chi connectivity index (χ1v) is 6.62. The summed E-state index contributed by atoms with van der Waals surface area (Å²) in [7, 11) is 0. The monoisotopic (exact) mass is 251 g/mol. The van der Waals surface area contributed by atoms with E-state index in [9.17, 15) is 14.9 Å². The highest BCUT2D eigenvalue weighted by Gasteiger charge is 2.25. The van der Waals surface area contributed by atoms with Crippen LogP contribution in [0.3, 0.4) is 0 Å². The molecule has 5 heteroatoms. The van der Waals surface area contributed by atoms with Gasteiger partial charge in [0.1, 0.15) is 0 Å². The molecule has 0 radical (unpaired) electrons. The Morgan fingerprint density at radius 3 is 2.82 bits per heavy atom. The van der Waals surface area contributed by atoms with Crippen molar-refractivity contribution in [3.63, 3.8) is 0 Å². The Kier molecular flexibility index (Phi) is 3.47. The molecule has 0 spiro atoms. The molecule has 1 unspecified atom stereocenters. The smallest absolute Gasteiger partial charge is 0.269 e. The number of aryl methyl sites for hydroxylation is 1. The van der Waals surface area contributed by atoms with Crippen molar-refractivity contribution >= 4 is 23.2 Å². The number of benzene rings is 1. The number of hydrogen-bond donors (Lipinski definition) is 0. The molecule has 0 saturated carbocycles. The van der Waals surface area contributed by atoms with Crippen LogP contribution < -0.4 is 0 Å². The number of thioether (sulfide) groups is 1. The van der Waals surface area contributed by atoms with Crippen LogP contribution in [-0.2, 0) is 0 Å². The highest BCUT2D eigenvalue weighted by molar-refractivity contribution is 7.99. The molecule has 0 aliphatic carbocycles. The zero-order valence-corrected chi connectivity index (χ0v) is 10.3. The van der Waals surface area contributed by atoms with Gasteiger partial charge in [-0.15, -0.1) is 0 Å². The van der Waals surface area contributed by atoms with Gasteiger partial charge in [-0.25, -0.2) is 0 Å². The average Bonchev–Trinajstić information content (AvgIpc) is 2.81. The van der Waals surface area contributed by atoms with Crippen LogP contribution in [0.5, 0.6) is 0 Å². The summed E-state index contributed by atoms with van der Waals surface area (Å²) in [6.07, 6.45) is 0.917. The fourth-order valence-corrected chi connectivity index (χ4v) is 3.22. The zero-order chi connectivity index (χ0) is 12.4. The molecule has 17 heavy (non-hydrogen) atoms. The molecule has 1 aliphatic rings. The van der Waals surface area contributed by atoms with E-state index < -0.39 is 4.92 Å². The SMILES string of the molecule is Cc1cc([N+](=O)[O-])ccc1C(=O)C1CCSC1. The van der Waals surface area contributed by atoms with E-state index in [2.05, 4.69) is 0 Å². The minimum absolute atomic E-state index is 0.0415. The normalized spacial score (nSPS) is 19.2. The van der Waals surface area contributed by atoms with Crippen LogP contribution in [0.25, 0.3) is 0 Å². The van der Waals surface area contributed by atoms with Gasteiger partial charge in [0.2, 0.25) is 0 Å². The zero-order valence-electron chi connectivity index (χ0n) is 9.51. The van der Waals surface area contributed by atoms with Crippen LogP contribution in [0.4, 0.5) is 5.69 Å². The molecule has 90 valence electrons. The van der Waals surface area contributed by atoms with Crippen LogP contribution in [-0.4, -0.2) is 22.2 Å². The number of rotatable bonds is 3. The largest absolute Gasteiger partial charge is 0.294 e. The van der Waals surface area contributed by atoms with Gasteiger partial charge in [-0.05, 0) is 30.7 Å². The third-order valence-corrected chi connectivity index (χ3v) is 4.15. The summed E-state index contributed by atoms with van der Waals surface area (Å²) in [5, 5.41) is 10.6. The minimum Gasteiger partial charge on any atom is -0.294 e. The number of Topliss-reactive ketones (excluding diaryl/α,β-unsaturated/α-hetero) is 1. The van der Waals surface area contributed by atoms with Crippen molar-refractivity contribution in [1.29, 1.82) is 0 Å². The topological polar surface area (TPSA) is 60.2 Å². The van der Waals surface area contributed by atoms with Crippen LogP contribution in [0.2, 0.25) is 0 Å². The number of carbonyl (C=O) groups is 1. The molecule has 0 aromatic heterocycles. The molecular weight excluding hydrogens is 238 g/mol. The van der Waals surface area contributed by atoms with Gasteiger partial charge in [-0.1, -0.05) is 0 Å². The lowest BCUT2D eigenvalue weighted by Crippen LogP contribution is -2.15. The standard InChI is InChI=1S/C12H13NO3S/c1-8-6-10(13(15)16)2-3-11(8)12(14)9-4-5-17-7-9/h2-3,6,9H,4-5,7H2,1H3. The van der Waals surface area contributed by atoms with Crippen molar-refractivity contribution in [2.45, 2.75) is 13.3 Å². The maximum absolute atomic E-state index is 12.2. The molecule has 1 heterocycles. The Labute approximate surface area is 104 Å². The highest BCUT2D eigenvalue weighted by atomic mass is 32.2. The molecule has 0 N–H and O–H groups in total. The van der Waals surface area contributed by atoms with Crippen molar-refractivity contribution in [1.82, 2.24) is 0 Å². The van der Waals surface area contributed by atoms with E-state index in [1.807, 2.05) is 0 Å². The van der Waals surface area contributed by atoms with E-state index in [-0.39, 0.29) is 17.4 Å². The molecular formula is C12H13NO3S. The Bertz CT molecular complexity index is 467. The third-order valence-electron chi connectivity index (χ3n) is 2.99. The number of non-ortho nitro benzene ring substituents is 1. The summed E-state index contributed by atoms with van der Waals surface area (Å²) in [4.78, 5) is 22.3. The molecule has 2 rings (SSSR count). The lowest BCUT2D eigenvalue weighted by atomic mass is 9.94. The molecule has 1 fully saturated rings. The summed E-state index contributed by atoms with van der Waals surface area (Å²) in [5.41, 5.74) is 1.36. The quantitative estimate of drug-likeness (QED) is 0.471. The third kappa shape index (κ3) is 2.49. The molecule has 1 atom stereocenters. The second kappa shape index (κ2) is 4.87. The number of nitrogens with zero attached hydrogens (tertiary/aromatic N) is 1.